The molecule has 1 aromatic heterocycles. The number of H-pyrrole nitrogens is 1. The van der Waals surface area contributed by atoms with E-state index in [-0.39, 0.29) is 24.1 Å². The van der Waals surface area contributed by atoms with Gasteiger partial charge in [-0.1, -0.05) is 86.7 Å². The Balaban J connectivity index is 1.33. The number of hydrogen-bond donors (Lipinski definition) is 3. The van der Waals surface area contributed by atoms with Gasteiger partial charge < -0.3 is 20.3 Å². The van der Waals surface area contributed by atoms with Crippen LogP contribution in [0.3, 0.4) is 0 Å². The highest BCUT2D eigenvalue weighted by Gasteiger charge is 2.54. The number of urea groups is 1. The van der Waals surface area contributed by atoms with Gasteiger partial charge in [0.1, 0.15) is 6.61 Å². The van der Waals surface area contributed by atoms with Crippen LogP contribution in [-0.2, 0) is 33.0 Å². The van der Waals surface area contributed by atoms with E-state index in [1.165, 1.54) is 0 Å². The first-order chi connectivity index (χ1) is 19.4. The number of anilines is 1. The molecule has 0 spiro atoms. The smallest absolute Gasteiger partial charge is 0.333 e. The van der Waals surface area contributed by atoms with Crippen LogP contribution in [0, 0.1) is 0 Å². The molecule has 41 heavy (non-hydrogen) atoms. The summed E-state index contributed by atoms with van der Waals surface area (Å²) in [7, 11) is -1.76. The Kier molecular flexibility index (Phi) is 7.54. The summed E-state index contributed by atoms with van der Waals surface area (Å²) in [5.74, 6) is -0.0429. The van der Waals surface area contributed by atoms with E-state index >= 15 is 0 Å². The van der Waals surface area contributed by atoms with Gasteiger partial charge in [-0.15, -0.1) is 0 Å². The van der Waals surface area contributed by atoms with Crippen molar-refractivity contribution in [1.82, 2.24) is 20.4 Å². The molecule has 5 rings (SSSR count). The second-order valence-corrected chi connectivity index (χ2v) is 18.1. The molecule has 2 aromatic carbocycles. The molecule has 1 unspecified atom stereocenters. The molecule has 1 saturated carbocycles. The van der Waals surface area contributed by atoms with Crippen LogP contribution in [0.5, 0.6) is 0 Å². The summed E-state index contributed by atoms with van der Waals surface area (Å²) in [5.41, 5.74) is 2.28. The lowest BCUT2D eigenvalue weighted by atomic mass is 9.83. The van der Waals surface area contributed by atoms with Crippen molar-refractivity contribution in [2.75, 3.05) is 5.32 Å². The number of aromatic amines is 1. The first kappa shape index (κ1) is 28.6. The fraction of sp³-hybridized carbons (Fsp3) is 0.419. The lowest BCUT2D eigenvalue weighted by molar-refractivity contribution is -0.147. The van der Waals surface area contributed by atoms with E-state index in [0.717, 1.165) is 36.1 Å². The minimum absolute atomic E-state index is 0.0308. The number of aromatic nitrogens is 2. The van der Waals surface area contributed by atoms with Gasteiger partial charge in [0, 0.05) is 10.6 Å². The standard InChI is InChI=1S/C31H39N5O4Si/c1-30(2)25-23(26(35-34-25)33-28(38)31(17-12-18-31)41(3,4)5)19-36(30)29(39)32-24(22-15-10-7-11-16-22)27(37)40-20-21-13-8-6-9-14-21/h6-11,13-16,24H,12,17-20H2,1-5H3,(H,32,39)(H2,33,34,35,38). The van der Waals surface area contributed by atoms with Crippen molar-refractivity contribution in [1.29, 1.82) is 0 Å². The van der Waals surface area contributed by atoms with Gasteiger partial charge in [-0.2, -0.15) is 5.10 Å². The van der Waals surface area contributed by atoms with Crippen LogP contribution < -0.4 is 10.6 Å². The van der Waals surface area contributed by atoms with Crippen molar-refractivity contribution in [3.63, 3.8) is 0 Å². The number of esters is 1. The first-order valence-electron chi connectivity index (χ1n) is 14.2. The van der Waals surface area contributed by atoms with Crippen molar-refractivity contribution in [2.24, 2.45) is 0 Å². The van der Waals surface area contributed by atoms with Gasteiger partial charge in [0.05, 0.1) is 25.9 Å². The fourth-order valence-corrected chi connectivity index (χ4v) is 8.55. The predicted molar refractivity (Wildman–Crippen MR) is 160 cm³/mol. The van der Waals surface area contributed by atoms with E-state index in [1.54, 1.807) is 17.0 Å². The van der Waals surface area contributed by atoms with Crippen molar-refractivity contribution < 1.29 is 19.1 Å². The summed E-state index contributed by atoms with van der Waals surface area (Å²) >= 11 is 0. The molecular formula is C31H39N5O4Si. The van der Waals surface area contributed by atoms with Crippen molar-refractivity contribution in [3.05, 3.63) is 83.0 Å². The Morgan fingerprint density at radius 1 is 1.02 bits per heavy atom. The molecule has 3 aromatic rings. The van der Waals surface area contributed by atoms with Gasteiger partial charge in [-0.05, 0) is 37.8 Å². The molecule has 216 valence electrons. The van der Waals surface area contributed by atoms with E-state index in [9.17, 15) is 14.4 Å². The number of rotatable bonds is 8. The third-order valence-corrected chi connectivity index (χ3v) is 12.5. The average molecular weight is 574 g/mol. The second-order valence-electron chi connectivity index (χ2n) is 12.6. The zero-order chi connectivity index (χ0) is 29.4. The molecule has 0 saturated heterocycles. The largest absolute Gasteiger partial charge is 0.459 e. The number of amides is 3. The lowest BCUT2D eigenvalue weighted by Gasteiger charge is -2.48. The summed E-state index contributed by atoms with van der Waals surface area (Å²) < 4.78 is 5.61. The molecule has 3 amide bonds. The Morgan fingerprint density at radius 2 is 1.66 bits per heavy atom. The maximum absolute atomic E-state index is 13.8. The Morgan fingerprint density at radius 3 is 2.24 bits per heavy atom. The van der Waals surface area contributed by atoms with Gasteiger partial charge in [0.25, 0.3) is 0 Å². The number of nitrogens with zero attached hydrogens (tertiary/aromatic N) is 2. The van der Waals surface area contributed by atoms with Gasteiger partial charge in [0.2, 0.25) is 5.91 Å². The predicted octanol–water partition coefficient (Wildman–Crippen LogP) is 5.86. The number of fused-ring (bicyclic) bond motifs is 1. The number of carbonyl (C=O) groups excluding carboxylic acids is 3. The summed E-state index contributed by atoms with van der Waals surface area (Å²) in [6, 6.07) is 17.1. The van der Waals surface area contributed by atoms with Gasteiger partial charge >= 0.3 is 12.0 Å². The van der Waals surface area contributed by atoms with Crippen LogP contribution in [0.1, 0.15) is 61.5 Å². The molecule has 1 atom stereocenters. The van der Waals surface area contributed by atoms with Crippen LogP contribution in [-0.4, -0.2) is 41.1 Å². The van der Waals surface area contributed by atoms with E-state index in [2.05, 4.69) is 40.5 Å². The number of nitrogens with one attached hydrogen (secondary N) is 3. The Hall–Kier alpha value is -3.92. The highest BCUT2D eigenvalue weighted by molar-refractivity contribution is 6.83. The third kappa shape index (κ3) is 5.28. The van der Waals surface area contributed by atoms with Crippen LogP contribution >= 0.6 is 0 Å². The van der Waals surface area contributed by atoms with Crippen molar-refractivity contribution >= 4 is 31.8 Å². The molecule has 1 aliphatic carbocycles. The minimum atomic E-state index is -1.76. The van der Waals surface area contributed by atoms with Crippen LogP contribution in [0.2, 0.25) is 24.7 Å². The summed E-state index contributed by atoms with van der Waals surface area (Å²) in [6.07, 6.45) is 2.87. The molecular weight excluding hydrogens is 534 g/mol. The molecule has 0 bridgehead atoms. The molecule has 1 fully saturated rings. The third-order valence-electron chi connectivity index (χ3n) is 8.88. The fourth-order valence-electron chi connectivity index (χ4n) is 5.96. The molecule has 10 heteroatoms. The zero-order valence-corrected chi connectivity index (χ0v) is 25.4. The van der Waals surface area contributed by atoms with Crippen molar-refractivity contribution in [2.45, 2.75) is 82.5 Å². The Bertz CT molecular complexity index is 1430. The number of benzene rings is 2. The topological polar surface area (TPSA) is 116 Å². The molecule has 2 heterocycles. The second kappa shape index (κ2) is 10.8. The van der Waals surface area contributed by atoms with E-state index < -0.39 is 31.7 Å². The van der Waals surface area contributed by atoms with Gasteiger partial charge in [0.15, 0.2) is 11.9 Å². The molecule has 2 aliphatic rings. The SMILES string of the molecule is CC1(C)c2[nH]nc(NC(=O)C3([Si](C)(C)C)CCC3)c2CN1C(=O)NC(C(=O)OCc1ccccc1)c1ccccc1. The average Bonchev–Trinajstić information content (AvgIpc) is 3.42. The van der Waals surface area contributed by atoms with Crippen LogP contribution in [0.15, 0.2) is 60.7 Å². The molecule has 9 nitrogen and oxygen atoms in total. The van der Waals surface area contributed by atoms with Gasteiger partial charge in [-0.25, -0.2) is 9.59 Å². The Labute approximate surface area is 242 Å². The zero-order valence-electron chi connectivity index (χ0n) is 24.4. The number of carbonyl (C=O) groups is 3. The maximum Gasteiger partial charge on any atom is 0.333 e. The summed E-state index contributed by atoms with van der Waals surface area (Å²) in [5, 5.41) is 13.2. The van der Waals surface area contributed by atoms with Crippen molar-refractivity contribution in [3.8, 4) is 0 Å². The highest BCUT2D eigenvalue weighted by Crippen LogP contribution is 2.56. The number of ether oxygens (including phenoxy) is 1. The molecule has 1 aliphatic heterocycles. The maximum atomic E-state index is 13.8. The van der Waals surface area contributed by atoms with Crippen LogP contribution in [0.4, 0.5) is 10.6 Å². The van der Waals surface area contributed by atoms with E-state index in [1.807, 2.05) is 62.4 Å². The van der Waals surface area contributed by atoms with Crippen LogP contribution in [0.25, 0.3) is 0 Å². The lowest BCUT2D eigenvalue weighted by Crippen LogP contribution is -2.52. The first-order valence-corrected chi connectivity index (χ1v) is 17.7. The van der Waals surface area contributed by atoms with E-state index in [4.69, 9.17) is 4.74 Å². The molecule has 3 N–H and O–H groups in total. The minimum Gasteiger partial charge on any atom is -0.459 e. The monoisotopic (exact) mass is 573 g/mol. The number of hydrogen-bond acceptors (Lipinski definition) is 5. The quantitative estimate of drug-likeness (QED) is 0.231. The highest BCUT2D eigenvalue weighted by atomic mass is 28.3. The summed E-state index contributed by atoms with van der Waals surface area (Å²) in [4.78, 5) is 42.2. The van der Waals surface area contributed by atoms with Gasteiger partial charge in [-0.3, -0.25) is 9.89 Å². The summed E-state index contributed by atoms with van der Waals surface area (Å²) in [6.45, 7) is 10.9. The molecule has 0 radical (unpaired) electrons. The normalized spacial score (nSPS) is 17.6. The van der Waals surface area contributed by atoms with E-state index in [0.29, 0.717) is 11.4 Å².